The fourth-order valence-corrected chi connectivity index (χ4v) is 6.08. The fraction of sp³-hybridized carbons (Fsp3) is 0.368. The van der Waals surface area contributed by atoms with Gasteiger partial charge in [0.25, 0.3) is 10.0 Å². The summed E-state index contributed by atoms with van der Waals surface area (Å²) in [5.74, 6) is -4.88. The van der Waals surface area contributed by atoms with Gasteiger partial charge in [-0.1, -0.05) is 17.7 Å². The Balaban J connectivity index is 1.89. The van der Waals surface area contributed by atoms with Crippen molar-refractivity contribution in [2.75, 3.05) is 24.4 Å². The van der Waals surface area contributed by atoms with Gasteiger partial charge >= 0.3 is 0 Å². The topological polar surface area (TPSA) is 41.8 Å². The Morgan fingerprint density at radius 2 is 1.85 bits per heavy atom. The number of rotatable bonds is 2. The molecule has 2 heterocycles. The monoisotopic (exact) mass is 397 g/mol. The Morgan fingerprint density at radius 3 is 2.59 bits per heavy atom. The number of piperidine rings is 1. The summed E-state index contributed by atoms with van der Waals surface area (Å²) < 4.78 is 69.1. The third kappa shape index (κ3) is 2.73. The maximum Gasteiger partial charge on any atom is 0.267 e. The molecule has 3 atom stereocenters. The molecule has 4 rings (SSSR count). The van der Waals surface area contributed by atoms with Crippen LogP contribution in [0.15, 0.2) is 35.2 Å². The fourth-order valence-electron chi connectivity index (χ4n) is 4.28. The Morgan fingerprint density at radius 1 is 1.11 bits per heavy atom. The standard InChI is InChI=1S/C19H19F3N2O2S/c1-11-3-5-15-12(9-11)13-10-23(2)8-7-16(13)24(15)27(25,26)17-6-4-14(20)18(21)19(17)22/h3-6,9,13,16H,7-8,10H2,1-2H3/p+1/t13-,16-/m0/s1. The van der Waals surface area contributed by atoms with Crippen LogP contribution in [0.4, 0.5) is 18.9 Å². The van der Waals surface area contributed by atoms with E-state index in [1.807, 2.05) is 13.0 Å². The molecule has 1 N–H and O–H groups in total. The highest BCUT2D eigenvalue weighted by Gasteiger charge is 2.49. The quantitative estimate of drug-likeness (QED) is 0.788. The predicted octanol–water partition coefficient (Wildman–Crippen LogP) is 1.99. The largest absolute Gasteiger partial charge is 0.337 e. The van der Waals surface area contributed by atoms with E-state index in [0.29, 0.717) is 18.2 Å². The molecule has 0 aliphatic carbocycles. The predicted molar refractivity (Wildman–Crippen MR) is 94.9 cm³/mol. The SMILES string of the molecule is Cc1ccc2c(c1)[C@@H]1C[NH+](C)CC[C@@H]1N2S(=O)(=O)c1ccc(F)c(F)c1F. The van der Waals surface area contributed by atoms with Crippen molar-refractivity contribution < 1.29 is 26.5 Å². The maximum absolute atomic E-state index is 14.3. The summed E-state index contributed by atoms with van der Waals surface area (Å²) in [5.41, 5.74) is 2.41. The summed E-state index contributed by atoms with van der Waals surface area (Å²) in [6.45, 7) is 3.47. The second-order valence-corrected chi connectivity index (χ2v) is 9.19. The minimum Gasteiger partial charge on any atom is -0.337 e. The van der Waals surface area contributed by atoms with Crippen molar-refractivity contribution in [2.45, 2.75) is 30.2 Å². The zero-order chi connectivity index (χ0) is 19.5. The lowest BCUT2D eigenvalue weighted by Gasteiger charge is -2.34. The summed E-state index contributed by atoms with van der Waals surface area (Å²) in [5, 5.41) is 0. The average Bonchev–Trinajstić information content (AvgIpc) is 2.93. The minimum atomic E-state index is -4.38. The van der Waals surface area contributed by atoms with Crippen molar-refractivity contribution in [1.29, 1.82) is 0 Å². The van der Waals surface area contributed by atoms with E-state index in [1.165, 1.54) is 9.21 Å². The molecular formula is C19H20F3N2O2S+. The van der Waals surface area contributed by atoms with Crippen molar-refractivity contribution in [1.82, 2.24) is 0 Å². The van der Waals surface area contributed by atoms with Crippen LogP contribution in [0.25, 0.3) is 0 Å². The van der Waals surface area contributed by atoms with Crippen molar-refractivity contribution >= 4 is 15.7 Å². The molecule has 2 aromatic rings. The lowest BCUT2D eigenvalue weighted by molar-refractivity contribution is -0.886. The first-order valence-corrected chi connectivity index (χ1v) is 10.3. The lowest BCUT2D eigenvalue weighted by atomic mass is 9.89. The number of likely N-dealkylation sites (N-methyl/N-ethyl adjacent to an activating group) is 1. The summed E-state index contributed by atoms with van der Waals surface area (Å²) in [6.07, 6.45) is 0.606. The van der Waals surface area contributed by atoms with Gasteiger partial charge in [0.05, 0.1) is 37.8 Å². The number of hydrogen-bond donors (Lipinski definition) is 1. The molecule has 1 saturated heterocycles. The number of quaternary nitrogens is 1. The highest BCUT2D eigenvalue weighted by Crippen LogP contribution is 2.46. The number of nitrogens with zero attached hydrogens (tertiary/aromatic N) is 1. The first-order chi connectivity index (χ1) is 12.7. The third-order valence-corrected chi connectivity index (χ3v) is 7.41. The molecule has 8 heteroatoms. The Labute approximate surface area is 156 Å². The zero-order valence-corrected chi connectivity index (χ0v) is 15.8. The van der Waals surface area contributed by atoms with Crippen LogP contribution in [-0.4, -0.2) is 34.6 Å². The van der Waals surface area contributed by atoms with Crippen LogP contribution in [0.5, 0.6) is 0 Å². The molecule has 2 aliphatic rings. The van der Waals surface area contributed by atoms with Gasteiger partial charge in [0.15, 0.2) is 17.5 Å². The number of anilines is 1. The average molecular weight is 397 g/mol. The number of halogens is 3. The van der Waals surface area contributed by atoms with Crippen LogP contribution in [0.2, 0.25) is 0 Å². The van der Waals surface area contributed by atoms with E-state index < -0.39 is 32.4 Å². The van der Waals surface area contributed by atoms with Gasteiger partial charge in [0.2, 0.25) is 0 Å². The molecule has 0 saturated carbocycles. The van der Waals surface area contributed by atoms with Crippen LogP contribution in [0.3, 0.4) is 0 Å². The molecular weight excluding hydrogens is 377 g/mol. The summed E-state index contributed by atoms with van der Waals surface area (Å²) in [7, 11) is -2.33. The Kier molecular flexibility index (Phi) is 4.23. The van der Waals surface area contributed by atoms with Gasteiger partial charge in [-0.15, -0.1) is 0 Å². The molecule has 0 aromatic heterocycles. The van der Waals surface area contributed by atoms with E-state index in [4.69, 9.17) is 0 Å². The van der Waals surface area contributed by atoms with Gasteiger partial charge in [-0.2, -0.15) is 0 Å². The molecule has 27 heavy (non-hydrogen) atoms. The summed E-state index contributed by atoms with van der Waals surface area (Å²) >= 11 is 0. The molecule has 0 spiro atoms. The van der Waals surface area contributed by atoms with Crippen LogP contribution < -0.4 is 9.21 Å². The normalized spacial score (nSPS) is 24.6. The van der Waals surface area contributed by atoms with Crippen molar-refractivity contribution in [2.24, 2.45) is 0 Å². The summed E-state index contributed by atoms with van der Waals surface area (Å²) in [4.78, 5) is 0.460. The minimum absolute atomic E-state index is 0.0169. The van der Waals surface area contributed by atoms with Gasteiger partial charge in [-0.25, -0.2) is 21.6 Å². The molecule has 2 aliphatic heterocycles. The van der Waals surface area contributed by atoms with Gasteiger partial charge < -0.3 is 4.90 Å². The Hall–Kier alpha value is -2.06. The van der Waals surface area contributed by atoms with E-state index in [0.717, 1.165) is 30.3 Å². The van der Waals surface area contributed by atoms with Crippen LogP contribution in [0, 0.1) is 24.4 Å². The van der Waals surface area contributed by atoms with Gasteiger partial charge in [-0.3, -0.25) is 4.31 Å². The van der Waals surface area contributed by atoms with Crippen LogP contribution in [0.1, 0.15) is 23.5 Å². The first kappa shape index (κ1) is 18.3. The second kappa shape index (κ2) is 6.24. The Bertz CT molecular complexity index is 1030. The summed E-state index contributed by atoms with van der Waals surface area (Å²) in [6, 6.07) is 6.56. The molecule has 0 radical (unpaired) electrons. The maximum atomic E-state index is 14.3. The molecule has 1 fully saturated rings. The third-order valence-electron chi connectivity index (χ3n) is 5.56. The highest BCUT2D eigenvalue weighted by molar-refractivity contribution is 7.93. The van der Waals surface area contributed by atoms with E-state index in [2.05, 4.69) is 7.05 Å². The second-order valence-electron chi connectivity index (χ2n) is 7.41. The number of likely N-dealkylation sites (tertiary alicyclic amines) is 1. The van der Waals surface area contributed by atoms with Crippen molar-refractivity contribution in [3.8, 4) is 0 Å². The molecule has 4 nitrogen and oxygen atoms in total. The van der Waals surface area contributed by atoms with E-state index >= 15 is 0 Å². The highest BCUT2D eigenvalue weighted by atomic mass is 32.2. The molecule has 0 bridgehead atoms. The van der Waals surface area contributed by atoms with Crippen molar-refractivity contribution in [3.05, 3.63) is 58.9 Å². The van der Waals surface area contributed by atoms with Crippen molar-refractivity contribution in [3.63, 3.8) is 0 Å². The molecule has 2 aromatic carbocycles. The number of fused-ring (bicyclic) bond motifs is 3. The van der Waals surface area contributed by atoms with E-state index in [9.17, 15) is 21.6 Å². The molecule has 0 amide bonds. The van der Waals surface area contributed by atoms with E-state index in [-0.39, 0.29) is 12.0 Å². The number of nitrogens with one attached hydrogen (secondary N) is 1. The number of aryl methyl sites for hydroxylation is 1. The molecule has 1 unspecified atom stereocenters. The lowest BCUT2D eigenvalue weighted by Crippen LogP contribution is -3.11. The smallest absolute Gasteiger partial charge is 0.267 e. The van der Waals surface area contributed by atoms with Gasteiger partial charge in [-0.05, 0) is 30.7 Å². The van der Waals surface area contributed by atoms with Crippen LogP contribution in [-0.2, 0) is 10.0 Å². The number of sulfonamides is 1. The van der Waals surface area contributed by atoms with Crippen LogP contribution >= 0.6 is 0 Å². The molecule has 144 valence electrons. The number of hydrogen-bond acceptors (Lipinski definition) is 2. The van der Waals surface area contributed by atoms with Gasteiger partial charge in [0.1, 0.15) is 4.90 Å². The zero-order valence-electron chi connectivity index (χ0n) is 15.0. The van der Waals surface area contributed by atoms with Gasteiger partial charge in [0, 0.05) is 6.42 Å². The number of benzene rings is 2. The van der Waals surface area contributed by atoms with E-state index in [1.54, 1.807) is 12.1 Å². The first-order valence-electron chi connectivity index (χ1n) is 8.81.